The maximum atomic E-state index is 14.4. The van der Waals surface area contributed by atoms with E-state index in [2.05, 4.69) is 5.32 Å². The zero-order valence-corrected chi connectivity index (χ0v) is 22.3. The molecule has 4 rings (SSSR count). The van der Waals surface area contributed by atoms with Crippen molar-refractivity contribution in [2.24, 2.45) is 5.92 Å². The van der Waals surface area contributed by atoms with Crippen LogP contribution in [0.3, 0.4) is 0 Å². The number of esters is 2. The van der Waals surface area contributed by atoms with Crippen LogP contribution in [0.15, 0.2) is 71.1 Å². The lowest BCUT2D eigenvalue weighted by Gasteiger charge is -2.39. The minimum atomic E-state index is -1.10. The van der Waals surface area contributed by atoms with Crippen molar-refractivity contribution in [1.29, 1.82) is 0 Å². The van der Waals surface area contributed by atoms with Crippen LogP contribution in [0, 0.1) is 5.92 Å². The van der Waals surface area contributed by atoms with Crippen LogP contribution in [0.4, 0.5) is 0 Å². The smallest absolute Gasteiger partial charge is 0.336 e. The first-order valence-electron chi connectivity index (χ1n) is 12.7. The molecule has 1 heterocycles. The number of ether oxygens (including phenoxy) is 4. The summed E-state index contributed by atoms with van der Waals surface area (Å²) in [4.78, 5) is 40.9. The monoisotopic (exact) mass is 519 g/mol. The summed E-state index contributed by atoms with van der Waals surface area (Å²) in [5, 5.41) is 3.31. The average molecular weight is 520 g/mol. The van der Waals surface area contributed by atoms with E-state index >= 15 is 0 Å². The summed E-state index contributed by atoms with van der Waals surface area (Å²) >= 11 is 0. The van der Waals surface area contributed by atoms with Gasteiger partial charge in [-0.1, -0.05) is 30.3 Å². The minimum absolute atomic E-state index is 0.139. The highest BCUT2D eigenvalue weighted by molar-refractivity contribution is 6.13. The fourth-order valence-corrected chi connectivity index (χ4v) is 5.41. The van der Waals surface area contributed by atoms with Crippen molar-refractivity contribution in [2.75, 3.05) is 27.4 Å². The molecular formula is C30H33NO7. The van der Waals surface area contributed by atoms with E-state index in [9.17, 15) is 14.4 Å². The van der Waals surface area contributed by atoms with E-state index in [0.717, 1.165) is 5.56 Å². The number of hydrogen-bond donors (Lipinski definition) is 1. The SMILES string of the molecule is CCOC(=O)C1=C(C)NC2=C(C(=O)[C@H](C(=O)OCC)[C@H](c3ccccc3OC)C2)[C@H]1c1ccc(OC)cc1. The standard InChI is InChI=1S/C30H33NO7/c1-6-37-29(33)24-17(3)31-22-16-21(20-10-8-9-11-23(20)36-5)26(30(34)38-7-2)28(32)27(22)25(24)18-12-14-19(35-4)15-13-18/h8-15,21,25-26,31H,6-7,16H2,1-5H3/t21-,25-,26+/m0/s1. The average Bonchev–Trinajstić information content (AvgIpc) is 2.92. The Morgan fingerprint density at radius 2 is 1.63 bits per heavy atom. The van der Waals surface area contributed by atoms with Crippen molar-refractivity contribution in [3.63, 3.8) is 0 Å². The maximum absolute atomic E-state index is 14.4. The van der Waals surface area contributed by atoms with Crippen LogP contribution in [-0.2, 0) is 23.9 Å². The van der Waals surface area contributed by atoms with Crippen LogP contribution in [0.25, 0.3) is 0 Å². The van der Waals surface area contributed by atoms with Gasteiger partial charge in [-0.3, -0.25) is 9.59 Å². The summed E-state index contributed by atoms with van der Waals surface area (Å²) in [6.07, 6.45) is 0.352. The zero-order chi connectivity index (χ0) is 27.4. The van der Waals surface area contributed by atoms with Crippen molar-refractivity contribution in [3.05, 3.63) is 82.2 Å². The van der Waals surface area contributed by atoms with Crippen LogP contribution in [-0.4, -0.2) is 45.2 Å². The Kier molecular flexibility index (Phi) is 8.20. The second-order valence-corrected chi connectivity index (χ2v) is 9.13. The number of ketones is 1. The Hall–Kier alpha value is -4.07. The topological polar surface area (TPSA) is 100 Å². The molecule has 2 aromatic rings. The molecule has 0 radical (unpaired) electrons. The molecule has 0 spiro atoms. The number of rotatable bonds is 8. The van der Waals surface area contributed by atoms with Gasteiger partial charge in [0.05, 0.1) is 33.0 Å². The van der Waals surface area contributed by atoms with E-state index in [4.69, 9.17) is 18.9 Å². The lowest BCUT2D eigenvalue weighted by molar-refractivity contribution is -0.152. The van der Waals surface area contributed by atoms with Gasteiger partial charge in [-0.05, 0) is 56.5 Å². The van der Waals surface area contributed by atoms with Gasteiger partial charge in [0.1, 0.15) is 17.4 Å². The molecule has 2 aromatic carbocycles. The van der Waals surface area contributed by atoms with Crippen molar-refractivity contribution >= 4 is 17.7 Å². The number of Topliss-reactive ketones (excluding diaryl/α,β-unsaturated/α-hetero) is 1. The van der Waals surface area contributed by atoms with E-state index in [1.807, 2.05) is 36.4 Å². The fourth-order valence-electron chi connectivity index (χ4n) is 5.41. The summed E-state index contributed by atoms with van der Waals surface area (Å²) < 4.78 is 21.7. The summed E-state index contributed by atoms with van der Waals surface area (Å²) in [5.74, 6) is -2.61. The van der Waals surface area contributed by atoms with E-state index in [1.165, 1.54) is 0 Å². The van der Waals surface area contributed by atoms with Crippen molar-refractivity contribution < 1.29 is 33.3 Å². The van der Waals surface area contributed by atoms with E-state index in [0.29, 0.717) is 46.0 Å². The molecule has 200 valence electrons. The first-order chi connectivity index (χ1) is 18.4. The van der Waals surface area contributed by atoms with E-state index in [-0.39, 0.29) is 19.0 Å². The van der Waals surface area contributed by atoms with Crippen LogP contribution in [0.2, 0.25) is 0 Å². The van der Waals surface area contributed by atoms with Crippen molar-refractivity contribution in [2.45, 2.75) is 39.0 Å². The van der Waals surface area contributed by atoms with Crippen LogP contribution >= 0.6 is 0 Å². The largest absolute Gasteiger partial charge is 0.497 e. The van der Waals surface area contributed by atoms with Gasteiger partial charge in [0.25, 0.3) is 0 Å². The lowest BCUT2D eigenvalue weighted by Crippen LogP contribution is -2.43. The molecule has 0 amide bonds. The maximum Gasteiger partial charge on any atom is 0.336 e. The highest BCUT2D eigenvalue weighted by Crippen LogP contribution is 2.49. The Bertz CT molecular complexity index is 1290. The number of carbonyl (C=O) groups is 3. The van der Waals surface area contributed by atoms with Gasteiger partial charge >= 0.3 is 11.9 Å². The molecule has 2 aliphatic rings. The first-order valence-corrected chi connectivity index (χ1v) is 12.7. The molecule has 0 saturated carbocycles. The second kappa shape index (κ2) is 11.5. The normalized spacial score (nSPS) is 20.9. The molecule has 3 atom stereocenters. The van der Waals surface area contributed by atoms with Crippen molar-refractivity contribution in [1.82, 2.24) is 5.32 Å². The molecule has 0 aromatic heterocycles. The molecule has 8 nitrogen and oxygen atoms in total. The number of carbonyl (C=O) groups excluding carboxylic acids is 3. The summed E-state index contributed by atoms with van der Waals surface area (Å²) in [7, 11) is 3.13. The highest BCUT2D eigenvalue weighted by Gasteiger charge is 2.49. The summed E-state index contributed by atoms with van der Waals surface area (Å²) in [5.41, 5.74) is 3.43. The highest BCUT2D eigenvalue weighted by atomic mass is 16.5. The Morgan fingerprint density at radius 1 is 0.947 bits per heavy atom. The number of methoxy groups -OCH3 is 2. The molecule has 1 N–H and O–H groups in total. The number of allylic oxidation sites excluding steroid dienone is 3. The van der Waals surface area contributed by atoms with Crippen LogP contribution in [0.5, 0.6) is 11.5 Å². The number of dihydropyridines is 1. The zero-order valence-electron chi connectivity index (χ0n) is 22.3. The molecule has 0 saturated heterocycles. The van der Waals surface area contributed by atoms with Gasteiger partial charge in [-0.25, -0.2) is 4.79 Å². The van der Waals surface area contributed by atoms with E-state index < -0.39 is 29.7 Å². The molecule has 38 heavy (non-hydrogen) atoms. The third-order valence-electron chi connectivity index (χ3n) is 7.04. The van der Waals surface area contributed by atoms with Gasteiger partial charge in [-0.15, -0.1) is 0 Å². The molecule has 0 fully saturated rings. The molecule has 8 heteroatoms. The fraction of sp³-hybridized carbons (Fsp3) is 0.367. The molecule has 1 aliphatic heterocycles. The number of nitrogens with one attached hydrogen (secondary N) is 1. The first kappa shape index (κ1) is 27.0. The Labute approximate surface area is 222 Å². The molecule has 0 unspecified atom stereocenters. The number of hydrogen-bond acceptors (Lipinski definition) is 8. The van der Waals surface area contributed by atoms with Gasteiger partial charge in [0.15, 0.2) is 5.78 Å². The Balaban J connectivity index is 1.91. The summed E-state index contributed by atoms with van der Waals surface area (Å²) in [6, 6.07) is 14.6. The van der Waals surface area contributed by atoms with Gasteiger partial charge in [0, 0.05) is 28.8 Å². The minimum Gasteiger partial charge on any atom is -0.497 e. The van der Waals surface area contributed by atoms with E-state index in [1.54, 1.807) is 47.1 Å². The number of benzene rings is 2. The molecular weight excluding hydrogens is 486 g/mol. The number of para-hydroxylation sites is 1. The van der Waals surface area contributed by atoms with Crippen molar-refractivity contribution in [3.8, 4) is 11.5 Å². The van der Waals surface area contributed by atoms with Gasteiger partial charge < -0.3 is 24.3 Å². The van der Waals surface area contributed by atoms with Crippen LogP contribution in [0.1, 0.15) is 50.2 Å². The van der Waals surface area contributed by atoms with Gasteiger partial charge in [-0.2, -0.15) is 0 Å². The Morgan fingerprint density at radius 3 is 2.26 bits per heavy atom. The quantitative estimate of drug-likeness (QED) is 0.404. The summed E-state index contributed by atoms with van der Waals surface area (Å²) in [6.45, 7) is 5.57. The third-order valence-corrected chi connectivity index (χ3v) is 7.04. The predicted molar refractivity (Wildman–Crippen MR) is 141 cm³/mol. The second-order valence-electron chi connectivity index (χ2n) is 9.13. The molecule has 0 bridgehead atoms. The van der Waals surface area contributed by atoms with Crippen LogP contribution < -0.4 is 14.8 Å². The third kappa shape index (κ3) is 4.90. The lowest BCUT2D eigenvalue weighted by atomic mass is 9.67. The molecule has 1 aliphatic carbocycles. The predicted octanol–water partition coefficient (Wildman–Crippen LogP) is 4.42. The van der Waals surface area contributed by atoms with Gasteiger partial charge in [0.2, 0.25) is 0 Å².